The zero-order valence-electron chi connectivity index (χ0n) is 25.7. The first kappa shape index (κ1) is 31.9. The summed E-state index contributed by atoms with van der Waals surface area (Å²) in [6.45, 7) is 12.9. The van der Waals surface area contributed by atoms with E-state index in [1.54, 1.807) is 24.3 Å². The van der Waals surface area contributed by atoms with Gasteiger partial charge in [-0.3, -0.25) is 0 Å². The molecule has 0 aliphatic heterocycles. The lowest BCUT2D eigenvalue weighted by molar-refractivity contribution is 0.120. The second-order valence-electron chi connectivity index (χ2n) is 11.1. The van der Waals surface area contributed by atoms with Crippen LogP contribution in [0.4, 0.5) is 9.59 Å². The molecule has 0 fully saturated rings. The molecule has 0 saturated heterocycles. The molecular formula is C36H40O6. The molecule has 4 aromatic rings. The fraction of sp³-hybridized carbons (Fsp3) is 0.278. The minimum atomic E-state index is -0.708. The van der Waals surface area contributed by atoms with Gasteiger partial charge in [-0.15, -0.1) is 0 Å². The standard InChI is InChI=1S/2C18H20O3/c2*1-13-5-7-14(8-6-13)18(2,3)15-9-11-16(12-10-15)21-17(19)20-4/h2*5-12H,1-4H3. The maximum absolute atomic E-state index is 11.1. The molecule has 0 amide bonds. The largest absolute Gasteiger partial charge is 0.513 e. The number of benzene rings is 4. The number of aryl methyl sites for hydroxylation is 2. The van der Waals surface area contributed by atoms with Gasteiger partial charge in [-0.1, -0.05) is 112 Å². The summed E-state index contributed by atoms with van der Waals surface area (Å²) in [5.41, 5.74) is 7.07. The maximum Gasteiger partial charge on any atom is 0.513 e. The fourth-order valence-corrected chi connectivity index (χ4v) is 4.43. The van der Waals surface area contributed by atoms with Gasteiger partial charge in [-0.2, -0.15) is 0 Å². The van der Waals surface area contributed by atoms with Crippen molar-refractivity contribution in [3.8, 4) is 11.5 Å². The summed E-state index contributed by atoms with van der Waals surface area (Å²) in [6, 6.07) is 32.1. The zero-order valence-corrected chi connectivity index (χ0v) is 25.7. The van der Waals surface area contributed by atoms with E-state index in [0.29, 0.717) is 11.5 Å². The monoisotopic (exact) mass is 568 g/mol. The highest BCUT2D eigenvalue weighted by Gasteiger charge is 2.24. The molecule has 0 aromatic heterocycles. The van der Waals surface area contributed by atoms with Gasteiger partial charge in [0.1, 0.15) is 11.5 Å². The Bertz CT molecular complexity index is 1330. The molecule has 4 aromatic carbocycles. The van der Waals surface area contributed by atoms with Crippen molar-refractivity contribution in [2.75, 3.05) is 14.2 Å². The van der Waals surface area contributed by atoms with Crippen LogP contribution in [0.25, 0.3) is 0 Å². The van der Waals surface area contributed by atoms with Crippen LogP contribution >= 0.6 is 0 Å². The Kier molecular flexibility index (Phi) is 10.5. The molecule has 6 nitrogen and oxygen atoms in total. The molecule has 0 atom stereocenters. The van der Waals surface area contributed by atoms with E-state index in [0.717, 1.165) is 11.1 Å². The van der Waals surface area contributed by atoms with Crippen molar-refractivity contribution in [2.45, 2.75) is 52.4 Å². The molecule has 0 saturated carbocycles. The van der Waals surface area contributed by atoms with Crippen molar-refractivity contribution < 1.29 is 28.5 Å². The molecule has 4 rings (SSSR count). The number of ether oxygens (including phenoxy) is 4. The van der Waals surface area contributed by atoms with Crippen molar-refractivity contribution >= 4 is 12.3 Å². The van der Waals surface area contributed by atoms with Crippen LogP contribution in [-0.2, 0) is 20.3 Å². The normalized spacial score (nSPS) is 11.0. The van der Waals surface area contributed by atoms with Gasteiger partial charge >= 0.3 is 12.3 Å². The van der Waals surface area contributed by atoms with Gasteiger partial charge in [0.2, 0.25) is 0 Å². The van der Waals surface area contributed by atoms with E-state index in [2.05, 4.69) is 99.5 Å². The van der Waals surface area contributed by atoms with Crippen molar-refractivity contribution in [3.05, 3.63) is 130 Å². The zero-order chi connectivity index (χ0) is 30.9. The predicted molar refractivity (Wildman–Crippen MR) is 166 cm³/mol. The predicted octanol–water partition coefficient (Wildman–Crippen LogP) is 8.93. The maximum atomic E-state index is 11.1. The van der Waals surface area contributed by atoms with Crippen LogP contribution in [0.15, 0.2) is 97.1 Å². The van der Waals surface area contributed by atoms with Crippen LogP contribution in [0.5, 0.6) is 11.5 Å². The van der Waals surface area contributed by atoms with E-state index in [9.17, 15) is 9.59 Å². The van der Waals surface area contributed by atoms with Gasteiger partial charge in [-0.05, 0) is 60.4 Å². The Balaban J connectivity index is 0.000000230. The third-order valence-corrected chi connectivity index (χ3v) is 7.43. The van der Waals surface area contributed by atoms with Crippen LogP contribution in [0, 0.1) is 13.8 Å². The molecule has 220 valence electrons. The first-order valence-corrected chi connectivity index (χ1v) is 13.7. The number of methoxy groups -OCH3 is 2. The first-order valence-electron chi connectivity index (χ1n) is 13.7. The molecule has 6 heteroatoms. The lowest BCUT2D eigenvalue weighted by Gasteiger charge is -2.26. The number of carbonyl (C=O) groups is 2. The van der Waals surface area contributed by atoms with E-state index in [4.69, 9.17) is 9.47 Å². The van der Waals surface area contributed by atoms with Crippen LogP contribution in [0.3, 0.4) is 0 Å². The number of hydrogen-bond acceptors (Lipinski definition) is 6. The Morgan fingerprint density at radius 2 is 0.690 bits per heavy atom. The Morgan fingerprint density at radius 3 is 0.929 bits per heavy atom. The molecule has 0 aliphatic carbocycles. The van der Waals surface area contributed by atoms with Crippen molar-refractivity contribution in [2.24, 2.45) is 0 Å². The highest BCUT2D eigenvalue weighted by molar-refractivity contribution is 5.64. The summed E-state index contributed by atoms with van der Waals surface area (Å²) in [6.07, 6.45) is -1.42. The summed E-state index contributed by atoms with van der Waals surface area (Å²) < 4.78 is 18.9. The van der Waals surface area contributed by atoms with E-state index in [-0.39, 0.29) is 10.8 Å². The van der Waals surface area contributed by atoms with Gasteiger partial charge in [0.25, 0.3) is 0 Å². The molecular weight excluding hydrogens is 528 g/mol. The summed E-state index contributed by atoms with van der Waals surface area (Å²) in [5.74, 6) is 0.954. The molecule has 0 heterocycles. The van der Waals surface area contributed by atoms with Gasteiger partial charge in [0.15, 0.2) is 0 Å². The summed E-state index contributed by atoms with van der Waals surface area (Å²) in [7, 11) is 2.58. The van der Waals surface area contributed by atoms with Crippen molar-refractivity contribution in [1.29, 1.82) is 0 Å². The molecule has 0 bridgehead atoms. The lowest BCUT2D eigenvalue weighted by atomic mass is 9.78. The summed E-state index contributed by atoms with van der Waals surface area (Å²) >= 11 is 0. The number of hydrogen-bond donors (Lipinski definition) is 0. The Morgan fingerprint density at radius 1 is 0.452 bits per heavy atom. The van der Waals surface area contributed by atoms with Crippen LogP contribution in [0.1, 0.15) is 61.1 Å². The van der Waals surface area contributed by atoms with Crippen molar-refractivity contribution in [3.63, 3.8) is 0 Å². The van der Waals surface area contributed by atoms with Gasteiger partial charge in [0, 0.05) is 10.8 Å². The lowest BCUT2D eigenvalue weighted by Crippen LogP contribution is -2.18. The second-order valence-corrected chi connectivity index (χ2v) is 11.1. The SMILES string of the molecule is COC(=O)Oc1ccc(C(C)(C)c2ccc(C)cc2)cc1.COC(=O)Oc1ccc(C(C)(C)c2ccc(C)cc2)cc1. The molecule has 42 heavy (non-hydrogen) atoms. The summed E-state index contributed by atoms with van der Waals surface area (Å²) in [5, 5.41) is 0. The minimum Gasteiger partial charge on any atom is -0.437 e. The third-order valence-electron chi connectivity index (χ3n) is 7.43. The number of rotatable bonds is 6. The highest BCUT2D eigenvalue weighted by Crippen LogP contribution is 2.33. The molecule has 0 N–H and O–H groups in total. The fourth-order valence-electron chi connectivity index (χ4n) is 4.43. The van der Waals surface area contributed by atoms with E-state index in [1.807, 2.05) is 24.3 Å². The minimum absolute atomic E-state index is 0.114. The molecule has 0 spiro atoms. The number of carbonyl (C=O) groups excluding carboxylic acids is 2. The Labute approximate surface area is 249 Å². The Hall–Kier alpha value is -4.58. The average molecular weight is 569 g/mol. The third kappa shape index (κ3) is 8.23. The second kappa shape index (κ2) is 13.9. The molecule has 0 aliphatic rings. The van der Waals surface area contributed by atoms with Crippen LogP contribution in [-0.4, -0.2) is 26.5 Å². The van der Waals surface area contributed by atoms with E-state index in [1.165, 1.54) is 36.5 Å². The summed E-state index contributed by atoms with van der Waals surface area (Å²) in [4.78, 5) is 22.1. The van der Waals surface area contributed by atoms with Crippen LogP contribution in [0.2, 0.25) is 0 Å². The van der Waals surface area contributed by atoms with Gasteiger partial charge in [0.05, 0.1) is 14.2 Å². The van der Waals surface area contributed by atoms with Crippen molar-refractivity contribution in [1.82, 2.24) is 0 Å². The van der Waals surface area contributed by atoms with Crippen LogP contribution < -0.4 is 9.47 Å². The smallest absolute Gasteiger partial charge is 0.437 e. The van der Waals surface area contributed by atoms with Gasteiger partial charge in [-0.25, -0.2) is 9.59 Å². The quantitative estimate of drug-likeness (QED) is 0.171. The average Bonchev–Trinajstić information content (AvgIpc) is 2.98. The first-order chi connectivity index (χ1) is 19.9. The van der Waals surface area contributed by atoms with Gasteiger partial charge < -0.3 is 18.9 Å². The molecule has 0 unspecified atom stereocenters. The topological polar surface area (TPSA) is 71.1 Å². The van der Waals surface area contributed by atoms with E-state index >= 15 is 0 Å². The van der Waals surface area contributed by atoms with E-state index < -0.39 is 12.3 Å². The molecule has 0 radical (unpaired) electrons. The highest BCUT2D eigenvalue weighted by atomic mass is 16.7.